The summed E-state index contributed by atoms with van der Waals surface area (Å²) in [5.74, 6) is 0.823. The van der Waals surface area contributed by atoms with Crippen molar-refractivity contribution < 1.29 is 8.42 Å². The molecule has 1 saturated carbocycles. The fourth-order valence-corrected chi connectivity index (χ4v) is 6.01. The molecule has 0 spiro atoms. The maximum absolute atomic E-state index is 13.4. The molecule has 1 fully saturated rings. The molecule has 7 nitrogen and oxygen atoms in total. The Morgan fingerprint density at radius 2 is 1.50 bits per heavy atom. The molecule has 1 aromatic heterocycles. The van der Waals surface area contributed by atoms with E-state index in [1.807, 2.05) is 54.6 Å². The minimum atomic E-state index is -3.71. The lowest BCUT2D eigenvalue weighted by Crippen LogP contribution is -2.48. The maximum atomic E-state index is 13.4. The fourth-order valence-electron chi connectivity index (χ4n) is 4.47. The number of para-hydroxylation sites is 1. The molecule has 8 heteroatoms. The number of nitrogen functional groups attached to an aromatic ring is 1. The third kappa shape index (κ3) is 3.99. The summed E-state index contributed by atoms with van der Waals surface area (Å²) in [5, 5.41) is 5.76. The van der Waals surface area contributed by atoms with E-state index in [0.717, 1.165) is 42.0 Å². The molecule has 2 atom stereocenters. The van der Waals surface area contributed by atoms with Crippen molar-refractivity contribution in [3.63, 3.8) is 0 Å². The number of benzene rings is 3. The van der Waals surface area contributed by atoms with Gasteiger partial charge in [-0.3, -0.25) is 0 Å². The topological polar surface area (TPSA) is 110 Å². The van der Waals surface area contributed by atoms with Gasteiger partial charge in [0.1, 0.15) is 5.82 Å². The monoisotopic (exact) mass is 447 g/mol. The van der Waals surface area contributed by atoms with Crippen molar-refractivity contribution in [2.24, 2.45) is 0 Å². The van der Waals surface area contributed by atoms with Gasteiger partial charge in [0.2, 0.25) is 16.0 Å². The molecule has 0 bridgehead atoms. The molecule has 0 unspecified atom stereocenters. The van der Waals surface area contributed by atoms with Crippen LogP contribution in [0.4, 0.5) is 11.8 Å². The average Bonchev–Trinajstić information content (AvgIpc) is 2.80. The summed E-state index contributed by atoms with van der Waals surface area (Å²) in [7, 11) is -3.71. The standard InChI is InChI=1S/C24H25N5O2S/c25-23-18-11-3-4-12-19(18)26-24(28-23)27-20-13-5-6-14-21(20)29-32(30,31)22-15-7-9-16-8-1-2-10-17(16)22/h1-4,7-12,15,20-21,29H,5-6,13-14H2,(H3,25,26,27,28)/t20-,21+/m0/s1. The van der Waals surface area contributed by atoms with Gasteiger partial charge in [0.05, 0.1) is 10.4 Å². The number of rotatable bonds is 5. The zero-order valence-corrected chi connectivity index (χ0v) is 18.3. The molecule has 0 amide bonds. The molecule has 1 aliphatic rings. The van der Waals surface area contributed by atoms with E-state index in [1.54, 1.807) is 12.1 Å². The molecule has 4 N–H and O–H groups in total. The van der Waals surface area contributed by atoms with Crippen molar-refractivity contribution in [1.29, 1.82) is 0 Å². The number of hydrogen-bond donors (Lipinski definition) is 3. The third-order valence-corrected chi connectivity index (χ3v) is 7.61. The average molecular weight is 448 g/mol. The molecular weight excluding hydrogens is 422 g/mol. The van der Waals surface area contributed by atoms with Crippen LogP contribution in [-0.2, 0) is 10.0 Å². The first-order valence-electron chi connectivity index (χ1n) is 10.8. The fraction of sp³-hybridized carbons (Fsp3) is 0.250. The van der Waals surface area contributed by atoms with Crippen LogP contribution < -0.4 is 15.8 Å². The zero-order valence-electron chi connectivity index (χ0n) is 17.5. The molecule has 5 rings (SSSR count). The molecular formula is C24H25N5O2S. The quantitative estimate of drug-likeness (QED) is 0.425. The highest BCUT2D eigenvalue weighted by atomic mass is 32.2. The lowest BCUT2D eigenvalue weighted by molar-refractivity contribution is 0.377. The number of anilines is 2. The molecule has 4 aromatic rings. The second-order valence-electron chi connectivity index (χ2n) is 8.19. The number of nitrogens with zero attached hydrogens (tertiary/aromatic N) is 2. The number of hydrogen-bond acceptors (Lipinski definition) is 6. The van der Waals surface area contributed by atoms with Crippen molar-refractivity contribution in [3.05, 3.63) is 66.7 Å². The maximum Gasteiger partial charge on any atom is 0.241 e. The van der Waals surface area contributed by atoms with Crippen LogP contribution in [0.1, 0.15) is 25.7 Å². The summed E-state index contributed by atoms with van der Waals surface area (Å²) in [6.07, 6.45) is 3.53. The molecule has 0 saturated heterocycles. The summed E-state index contributed by atoms with van der Waals surface area (Å²) in [6, 6.07) is 20.0. The summed E-state index contributed by atoms with van der Waals surface area (Å²) in [5.41, 5.74) is 6.88. The summed E-state index contributed by atoms with van der Waals surface area (Å²) in [4.78, 5) is 9.28. The van der Waals surface area contributed by atoms with Crippen LogP contribution in [0.25, 0.3) is 21.7 Å². The first kappa shape index (κ1) is 20.7. The van der Waals surface area contributed by atoms with Crippen LogP contribution in [0.5, 0.6) is 0 Å². The minimum Gasteiger partial charge on any atom is -0.383 e. The van der Waals surface area contributed by atoms with Crippen LogP contribution in [0.3, 0.4) is 0 Å². The van der Waals surface area contributed by atoms with Gasteiger partial charge in [-0.15, -0.1) is 0 Å². The molecule has 0 radical (unpaired) electrons. The van der Waals surface area contributed by atoms with Gasteiger partial charge in [0, 0.05) is 22.9 Å². The molecule has 32 heavy (non-hydrogen) atoms. The van der Waals surface area contributed by atoms with Gasteiger partial charge >= 0.3 is 0 Å². The Hall–Kier alpha value is -3.23. The Morgan fingerprint density at radius 3 is 2.34 bits per heavy atom. The van der Waals surface area contributed by atoms with Crippen LogP contribution in [0.2, 0.25) is 0 Å². The first-order valence-corrected chi connectivity index (χ1v) is 12.3. The van der Waals surface area contributed by atoms with Crippen molar-refractivity contribution in [3.8, 4) is 0 Å². The third-order valence-electron chi connectivity index (χ3n) is 6.06. The van der Waals surface area contributed by atoms with Crippen LogP contribution >= 0.6 is 0 Å². The van der Waals surface area contributed by atoms with E-state index >= 15 is 0 Å². The Kier molecular flexibility index (Phi) is 5.40. The smallest absolute Gasteiger partial charge is 0.241 e. The lowest BCUT2D eigenvalue weighted by atomic mass is 9.91. The van der Waals surface area contributed by atoms with E-state index in [2.05, 4.69) is 20.0 Å². The van der Waals surface area contributed by atoms with Gasteiger partial charge in [0.15, 0.2) is 0 Å². The lowest BCUT2D eigenvalue weighted by Gasteiger charge is -2.32. The van der Waals surface area contributed by atoms with Crippen molar-refractivity contribution in [2.45, 2.75) is 42.7 Å². The van der Waals surface area contributed by atoms with Crippen LogP contribution in [0.15, 0.2) is 71.6 Å². The highest BCUT2D eigenvalue weighted by molar-refractivity contribution is 7.89. The van der Waals surface area contributed by atoms with Gasteiger partial charge in [-0.2, -0.15) is 4.98 Å². The molecule has 0 aliphatic heterocycles. The van der Waals surface area contributed by atoms with E-state index in [1.165, 1.54) is 0 Å². The number of nitrogens with one attached hydrogen (secondary N) is 2. The highest BCUT2D eigenvalue weighted by Crippen LogP contribution is 2.27. The predicted molar refractivity (Wildman–Crippen MR) is 128 cm³/mol. The first-order chi connectivity index (χ1) is 15.5. The summed E-state index contributed by atoms with van der Waals surface area (Å²) >= 11 is 0. The Balaban J connectivity index is 1.42. The van der Waals surface area contributed by atoms with E-state index in [4.69, 9.17) is 5.73 Å². The van der Waals surface area contributed by atoms with Gasteiger partial charge in [0.25, 0.3) is 0 Å². The van der Waals surface area contributed by atoms with Gasteiger partial charge in [-0.25, -0.2) is 18.1 Å². The zero-order chi connectivity index (χ0) is 22.1. The number of aromatic nitrogens is 2. The Morgan fingerprint density at radius 1 is 0.812 bits per heavy atom. The summed E-state index contributed by atoms with van der Waals surface area (Å²) < 4.78 is 29.7. The largest absolute Gasteiger partial charge is 0.383 e. The second kappa shape index (κ2) is 8.37. The normalized spacial score (nSPS) is 19.2. The summed E-state index contributed by atoms with van der Waals surface area (Å²) in [6.45, 7) is 0. The number of nitrogens with two attached hydrogens (primary N) is 1. The number of fused-ring (bicyclic) bond motifs is 2. The van der Waals surface area contributed by atoms with Gasteiger partial charge in [-0.1, -0.05) is 61.4 Å². The van der Waals surface area contributed by atoms with Gasteiger partial charge in [-0.05, 0) is 36.4 Å². The van der Waals surface area contributed by atoms with Crippen molar-refractivity contribution >= 4 is 43.5 Å². The highest BCUT2D eigenvalue weighted by Gasteiger charge is 2.31. The molecule has 3 aromatic carbocycles. The second-order valence-corrected chi connectivity index (χ2v) is 9.87. The molecule has 164 valence electrons. The Labute approximate surface area is 187 Å². The van der Waals surface area contributed by atoms with E-state index in [-0.39, 0.29) is 12.1 Å². The minimum absolute atomic E-state index is 0.130. The molecule has 1 aliphatic carbocycles. The van der Waals surface area contributed by atoms with E-state index in [9.17, 15) is 8.42 Å². The van der Waals surface area contributed by atoms with Gasteiger partial charge < -0.3 is 11.1 Å². The van der Waals surface area contributed by atoms with Crippen molar-refractivity contribution in [1.82, 2.24) is 14.7 Å². The predicted octanol–water partition coefficient (Wildman–Crippen LogP) is 4.07. The van der Waals surface area contributed by atoms with E-state index < -0.39 is 10.0 Å². The SMILES string of the molecule is Nc1nc(N[C@H]2CCCC[C@H]2NS(=O)(=O)c2cccc3ccccc23)nc2ccccc12. The van der Waals surface area contributed by atoms with Crippen molar-refractivity contribution in [2.75, 3.05) is 11.1 Å². The number of sulfonamides is 1. The van der Waals surface area contributed by atoms with E-state index in [0.29, 0.717) is 22.0 Å². The van der Waals surface area contributed by atoms with Crippen LogP contribution in [0, 0.1) is 0 Å². The Bertz CT molecular complexity index is 1380. The van der Waals surface area contributed by atoms with Crippen LogP contribution in [-0.4, -0.2) is 30.5 Å². The molecule has 1 heterocycles.